The van der Waals surface area contributed by atoms with Gasteiger partial charge in [0.05, 0.1) is 0 Å². The quantitative estimate of drug-likeness (QED) is 0.630. The molecule has 0 bridgehead atoms. The molecular weight excluding hydrogens is 148 g/mol. The number of allylic oxidation sites excluding steroid dienone is 4. The van der Waals surface area contributed by atoms with Gasteiger partial charge in [0.15, 0.2) is 0 Å². The van der Waals surface area contributed by atoms with Crippen LogP contribution in [-0.4, -0.2) is 5.84 Å². The lowest BCUT2D eigenvalue weighted by atomic mass is 10.1. The van der Waals surface area contributed by atoms with Gasteiger partial charge in [0.1, 0.15) is 5.84 Å². The van der Waals surface area contributed by atoms with Crippen LogP contribution in [0.15, 0.2) is 40.6 Å². The third-order valence-electron chi connectivity index (χ3n) is 1.77. The summed E-state index contributed by atoms with van der Waals surface area (Å²) in [6.07, 6.45) is 4.70. The second kappa shape index (κ2) is 3.39. The number of rotatable bonds is 1. The van der Waals surface area contributed by atoms with Crippen molar-refractivity contribution < 1.29 is 0 Å². The fourth-order valence-electron chi connectivity index (χ4n) is 1.07. The van der Waals surface area contributed by atoms with Gasteiger partial charge in [-0.2, -0.15) is 0 Å². The Morgan fingerprint density at radius 2 is 2.25 bits per heavy atom. The molecule has 0 aromatic carbocycles. The van der Waals surface area contributed by atoms with Crippen LogP contribution in [0.4, 0.5) is 0 Å². The average molecular weight is 162 g/mol. The van der Waals surface area contributed by atoms with Crippen molar-refractivity contribution in [3.05, 3.63) is 35.6 Å². The van der Waals surface area contributed by atoms with E-state index in [2.05, 4.69) is 11.6 Å². The molecule has 12 heavy (non-hydrogen) atoms. The third-order valence-corrected chi connectivity index (χ3v) is 1.77. The van der Waals surface area contributed by atoms with Crippen LogP contribution in [0, 0.1) is 0 Å². The topological polar surface area (TPSA) is 38.4 Å². The molecule has 0 aromatic rings. The summed E-state index contributed by atoms with van der Waals surface area (Å²) >= 11 is 0. The Hall–Kier alpha value is -1.31. The minimum Gasteiger partial charge on any atom is -0.387 e. The minimum absolute atomic E-state index is 0.663. The second-order valence-corrected chi connectivity index (χ2v) is 3.06. The van der Waals surface area contributed by atoms with Gasteiger partial charge in [-0.3, -0.25) is 0 Å². The highest BCUT2D eigenvalue weighted by Gasteiger charge is 2.03. The largest absolute Gasteiger partial charge is 0.387 e. The Kier molecular flexibility index (Phi) is 2.48. The molecule has 0 fully saturated rings. The Morgan fingerprint density at radius 1 is 1.58 bits per heavy atom. The molecule has 0 radical (unpaired) electrons. The number of aliphatic imine (C=N–C) groups is 1. The molecule has 1 aliphatic rings. The van der Waals surface area contributed by atoms with Crippen molar-refractivity contribution in [1.29, 1.82) is 0 Å². The SMILES string of the molecule is C=C(C)C1=CC=C(C)N=C(N)C1. The van der Waals surface area contributed by atoms with Crippen molar-refractivity contribution in [2.45, 2.75) is 20.3 Å². The Morgan fingerprint density at radius 3 is 2.83 bits per heavy atom. The number of nitrogens with two attached hydrogens (primary N) is 1. The number of hydrogen-bond donors (Lipinski definition) is 1. The van der Waals surface area contributed by atoms with E-state index in [-0.39, 0.29) is 0 Å². The van der Waals surface area contributed by atoms with E-state index < -0.39 is 0 Å². The lowest BCUT2D eigenvalue weighted by molar-refractivity contribution is 1.22. The second-order valence-electron chi connectivity index (χ2n) is 3.06. The van der Waals surface area contributed by atoms with E-state index in [0.29, 0.717) is 12.3 Å². The van der Waals surface area contributed by atoms with E-state index in [4.69, 9.17) is 5.73 Å². The van der Waals surface area contributed by atoms with Gasteiger partial charge in [-0.25, -0.2) is 4.99 Å². The first kappa shape index (κ1) is 8.78. The summed E-state index contributed by atoms with van der Waals surface area (Å²) in [5.74, 6) is 0.663. The molecule has 0 aromatic heterocycles. The van der Waals surface area contributed by atoms with Crippen LogP contribution in [0.25, 0.3) is 0 Å². The molecule has 2 nitrogen and oxygen atoms in total. The van der Waals surface area contributed by atoms with Gasteiger partial charge in [-0.05, 0) is 25.5 Å². The van der Waals surface area contributed by atoms with Crippen LogP contribution >= 0.6 is 0 Å². The first-order valence-corrected chi connectivity index (χ1v) is 3.96. The molecule has 0 amide bonds. The van der Waals surface area contributed by atoms with Crippen molar-refractivity contribution in [3.8, 4) is 0 Å². The molecule has 0 unspecified atom stereocenters. The normalized spacial score (nSPS) is 17.3. The molecule has 0 aliphatic carbocycles. The zero-order valence-corrected chi connectivity index (χ0v) is 7.59. The van der Waals surface area contributed by atoms with Crippen molar-refractivity contribution in [2.75, 3.05) is 0 Å². The highest BCUT2D eigenvalue weighted by atomic mass is 14.9. The third kappa shape index (κ3) is 2.09. The lowest BCUT2D eigenvalue weighted by Gasteiger charge is -2.02. The molecule has 1 heterocycles. The van der Waals surface area contributed by atoms with E-state index in [0.717, 1.165) is 16.8 Å². The molecular formula is C10H14N2. The summed E-state index contributed by atoms with van der Waals surface area (Å²) in [5.41, 5.74) is 8.84. The number of nitrogens with zero attached hydrogens (tertiary/aromatic N) is 1. The summed E-state index contributed by atoms with van der Waals surface area (Å²) in [4.78, 5) is 4.17. The predicted octanol–water partition coefficient (Wildman–Crippen LogP) is 2.15. The summed E-state index contributed by atoms with van der Waals surface area (Å²) < 4.78 is 0. The molecule has 2 heteroatoms. The fourth-order valence-corrected chi connectivity index (χ4v) is 1.07. The zero-order valence-electron chi connectivity index (χ0n) is 7.59. The molecule has 0 spiro atoms. The fraction of sp³-hybridized carbons (Fsp3) is 0.300. The number of amidine groups is 1. The summed E-state index contributed by atoms with van der Waals surface area (Å²) in [6.45, 7) is 7.79. The molecule has 0 saturated carbocycles. The van der Waals surface area contributed by atoms with Crippen LogP contribution in [0.3, 0.4) is 0 Å². The van der Waals surface area contributed by atoms with E-state index in [1.54, 1.807) is 0 Å². The summed E-state index contributed by atoms with van der Waals surface area (Å²) in [6, 6.07) is 0. The maximum Gasteiger partial charge on any atom is 0.104 e. The lowest BCUT2D eigenvalue weighted by Crippen LogP contribution is -2.12. The van der Waals surface area contributed by atoms with Gasteiger partial charge in [0.2, 0.25) is 0 Å². The van der Waals surface area contributed by atoms with Gasteiger partial charge >= 0.3 is 0 Å². The highest BCUT2D eigenvalue weighted by molar-refractivity contribution is 5.85. The predicted molar refractivity (Wildman–Crippen MR) is 52.9 cm³/mol. The Bertz CT molecular complexity index is 293. The summed E-state index contributed by atoms with van der Waals surface area (Å²) in [5, 5.41) is 0. The molecule has 0 atom stereocenters. The Labute approximate surface area is 73.2 Å². The van der Waals surface area contributed by atoms with Crippen LogP contribution in [0.1, 0.15) is 20.3 Å². The maximum atomic E-state index is 5.68. The smallest absolute Gasteiger partial charge is 0.104 e. The van der Waals surface area contributed by atoms with Crippen molar-refractivity contribution >= 4 is 5.84 Å². The molecule has 0 saturated heterocycles. The first-order chi connectivity index (χ1) is 5.59. The standard InChI is InChI=1S/C10H14N2/c1-7(2)9-5-4-8(3)12-10(11)6-9/h4-5H,1,6H2,2-3H3,(H2,11,12). The van der Waals surface area contributed by atoms with Gasteiger partial charge < -0.3 is 5.73 Å². The van der Waals surface area contributed by atoms with Gasteiger partial charge in [-0.15, -0.1) is 0 Å². The van der Waals surface area contributed by atoms with Crippen LogP contribution in [0.5, 0.6) is 0 Å². The minimum atomic E-state index is 0.663. The van der Waals surface area contributed by atoms with Crippen LogP contribution in [-0.2, 0) is 0 Å². The van der Waals surface area contributed by atoms with Gasteiger partial charge in [-0.1, -0.05) is 18.2 Å². The van der Waals surface area contributed by atoms with Crippen molar-refractivity contribution in [2.24, 2.45) is 10.7 Å². The first-order valence-electron chi connectivity index (χ1n) is 3.96. The van der Waals surface area contributed by atoms with Crippen molar-refractivity contribution in [3.63, 3.8) is 0 Å². The molecule has 1 aliphatic heterocycles. The molecule has 2 N–H and O–H groups in total. The van der Waals surface area contributed by atoms with Crippen molar-refractivity contribution in [1.82, 2.24) is 0 Å². The monoisotopic (exact) mass is 162 g/mol. The number of hydrogen-bond acceptors (Lipinski definition) is 2. The molecule has 1 rings (SSSR count). The highest BCUT2D eigenvalue weighted by Crippen LogP contribution is 2.15. The van der Waals surface area contributed by atoms with E-state index in [1.165, 1.54) is 0 Å². The summed E-state index contributed by atoms with van der Waals surface area (Å²) in [7, 11) is 0. The van der Waals surface area contributed by atoms with E-state index in [1.807, 2.05) is 26.0 Å². The average Bonchev–Trinajstić information content (AvgIpc) is 2.11. The maximum absolute atomic E-state index is 5.68. The van der Waals surface area contributed by atoms with Crippen LogP contribution in [0.2, 0.25) is 0 Å². The van der Waals surface area contributed by atoms with E-state index >= 15 is 0 Å². The molecule has 64 valence electrons. The van der Waals surface area contributed by atoms with Gasteiger partial charge in [0.25, 0.3) is 0 Å². The van der Waals surface area contributed by atoms with Crippen LogP contribution < -0.4 is 5.73 Å². The Balaban J connectivity index is 2.96. The van der Waals surface area contributed by atoms with Gasteiger partial charge in [0, 0.05) is 12.1 Å². The zero-order chi connectivity index (χ0) is 9.14. The van der Waals surface area contributed by atoms with E-state index in [9.17, 15) is 0 Å².